The number of nitrogens with one attached hydrogen (secondary N) is 3. The van der Waals surface area contributed by atoms with Crippen molar-refractivity contribution in [1.29, 1.82) is 0 Å². The SMILES string of the molecule is CCc1ccc2nc(NC(=O)C3(C(=O)NCc4ccccc4Cl)CCN(C(=O)OC(C)(C)C)CC3)[nH]c2c1. The molecule has 202 valence electrons. The van der Waals surface area contributed by atoms with Crippen molar-refractivity contribution in [2.24, 2.45) is 5.41 Å². The van der Waals surface area contributed by atoms with Crippen molar-refractivity contribution in [3.05, 3.63) is 58.6 Å². The summed E-state index contributed by atoms with van der Waals surface area (Å²) >= 11 is 6.26. The summed E-state index contributed by atoms with van der Waals surface area (Å²) in [6.07, 6.45) is 0.672. The highest BCUT2D eigenvalue weighted by Gasteiger charge is 2.49. The third-order valence-corrected chi connectivity index (χ3v) is 7.09. The van der Waals surface area contributed by atoms with Gasteiger partial charge in [-0.2, -0.15) is 0 Å². The monoisotopic (exact) mass is 539 g/mol. The van der Waals surface area contributed by atoms with Crippen LogP contribution >= 0.6 is 11.6 Å². The maximum atomic E-state index is 13.7. The van der Waals surface area contributed by atoms with E-state index in [1.54, 1.807) is 26.8 Å². The van der Waals surface area contributed by atoms with Crippen molar-refractivity contribution in [3.8, 4) is 0 Å². The molecule has 3 N–H and O–H groups in total. The Bertz CT molecular complexity index is 1340. The molecule has 1 fully saturated rings. The molecule has 3 aromatic rings. The van der Waals surface area contributed by atoms with E-state index in [0.717, 1.165) is 28.6 Å². The Hall–Kier alpha value is -3.59. The molecule has 0 spiro atoms. The van der Waals surface area contributed by atoms with E-state index in [9.17, 15) is 14.4 Å². The van der Waals surface area contributed by atoms with Crippen LogP contribution in [0.3, 0.4) is 0 Å². The van der Waals surface area contributed by atoms with Gasteiger partial charge < -0.3 is 19.9 Å². The van der Waals surface area contributed by atoms with Crippen molar-refractivity contribution in [3.63, 3.8) is 0 Å². The molecule has 1 aromatic heterocycles. The smallest absolute Gasteiger partial charge is 0.410 e. The standard InChI is InChI=1S/C28H34ClN5O4/c1-5-18-10-11-21-22(16-18)32-25(31-21)33-24(36)28(23(35)30-17-19-8-6-7-9-20(19)29)12-14-34(15-13-28)26(37)38-27(2,3)4/h6-11,16H,5,12-15,17H2,1-4H3,(H,30,35)(H2,31,32,33,36). The zero-order valence-electron chi connectivity index (χ0n) is 22.2. The zero-order chi connectivity index (χ0) is 27.5. The van der Waals surface area contributed by atoms with E-state index in [-0.39, 0.29) is 38.4 Å². The van der Waals surface area contributed by atoms with Crippen LogP contribution in [-0.4, -0.2) is 51.5 Å². The van der Waals surface area contributed by atoms with Crippen LogP contribution in [0.5, 0.6) is 0 Å². The van der Waals surface area contributed by atoms with Crippen LogP contribution in [0.15, 0.2) is 42.5 Å². The van der Waals surface area contributed by atoms with Gasteiger partial charge in [0, 0.05) is 24.7 Å². The Labute approximate surface area is 227 Å². The van der Waals surface area contributed by atoms with Crippen LogP contribution < -0.4 is 10.6 Å². The first-order valence-electron chi connectivity index (χ1n) is 12.8. The third kappa shape index (κ3) is 6.10. The normalized spacial score (nSPS) is 15.2. The number of aryl methyl sites for hydroxylation is 1. The molecule has 0 bridgehead atoms. The van der Waals surface area contributed by atoms with E-state index in [0.29, 0.717) is 5.02 Å². The number of halogens is 1. The van der Waals surface area contributed by atoms with E-state index in [1.807, 2.05) is 36.4 Å². The topological polar surface area (TPSA) is 116 Å². The number of benzene rings is 2. The summed E-state index contributed by atoms with van der Waals surface area (Å²) in [5.41, 5.74) is 1.35. The van der Waals surface area contributed by atoms with Gasteiger partial charge in [-0.25, -0.2) is 9.78 Å². The summed E-state index contributed by atoms with van der Waals surface area (Å²) < 4.78 is 5.49. The van der Waals surface area contributed by atoms with Gasteiger partial charge >= 0.3 is 6.09 Å². The molecule has 0 atom stereocenters. The van der Waals surface area contributed by atoms with Crippen LogP contribution in [0.2, 0.25) is 5.02 Å². The number of amides is 3. The number of H-pyrrole nitrogens is 1. The molecule has 9 nitrogen and oxygen atoms in total. The number of carbonyl (C=O) groups excluding carboxylic acids is 3. The summed E-state index contributed by atoms with van der Waals surface area (Å²) in [6.45, 7) is 8.02. The number of likely N-dealkylation sites (tertiary alicyclic amines) is 1. The minimum atomic E-state index is -1.41. The van der Waals surface area contributed by atoms with Crippen molar-refractivity contribution >= 4 is 46.5 Å². The molecule has 0 unspecified atom stereocenters. The number of aromatic amines is 1. The van der Waals surface area contributed by atoms with Gasteiger partial charge in [-0.1, -0.05) is 42.8 Å². The van der Waals surface area contributed by atoms with Gasteiger partial charge in [0.2, 0.25) is 17.8 Å². The number of rotatable bonds is 6. The predicted molar refractivity (Wildman–Crippen MR) is 147 cm³/mol. The number of imidazole rings is 1. The maximum Gasteiger partial charge on any atom is 0.410 e. The Morgan fingerprint density at radius 2 is 1.82 bits per heavy atom. The van der Waals surface area contributed by atoms with Crippen LogP contribution in [-0.2, 0) is 27.3 Å². The highest BCUT2D eigenvalue weighted by Crippen LogP contribution is 2.34. The second-order valence-corrected chi connectivity index (χ2v) is 11.0. The van der Waals surface area contributed by atoms with Crippen molar-refractivity contribution in [1.82, 2.24) is 20.2 Å². The van der Waals surface area contributed by atoms with Gasteiger partial charge in [0.05, 0.1) is 11.0 Å². The molecule has 10 heteroatoms. The number of aromatic nitrogens is 2. The summed E-state index contributed by atoms with van der Waals surface area (Å²) in [5, 5.41) is 6.24. The van der Waals surface area contributed by atoms with Gasteiger partial charge in [-0.15, -0.1) is 0 Å². The van der Waals surface area contributed by atoms with Gasteiger partial charge in [0.25, 0.3) is 0 Å². The van der Waals surface area contributed by atoms with Gasteiger partial charge in [-0.05, 0) is 69.4 Å². The number of piperidine rings is 1. The fourth-order valence-electron chi connectivity index (χ4n) is 4.50. The first-order valence-corrected chi connectivity index (χ1v) is 13.2. The number of fused-ring (bicyclic) bond motifs is 1. The average molecular weight is 540 g/mol. The first kappa shape index (κ1) is 27.4. The molecular weight excluding hydrogens is 506 g/mol. The van der Waals surface area contributed by atoms with E-state index < -0.39 is 28.9 Å². The van der Waals surface area contributed by atoms with Crippen LogP contribution in [0.1, 0.15) is 51.7 Å². The molecule has 38 heavy (non-hydrogen) atoms. The van der Waals surface area contributed by atoms with Crippen molar-refractivity contribution < 1.29 is 19.1 Å². The van der Waals surface area contributed by atoms with Crippen molar-refractivity contribution in [2.75, 3.05) is 18.4 Å². The lowest BCUT2D eigenvalue weighted by Crippen LogP contribution is -2.56. The fourth-order valence-corrected chi connectivity index (χ4v) is 4.71. The van der Waals surface area contributed by atoms with Crippen LogP contribution in [0, 0.1) is 5.41 Å². The summed E-state index contributed by atoms with van der Waals surface area (Å²) in [4.78, 5) is 49.1. The molecule has 0 aliphatic carbocycles. The van der Waals surface area contributed by atoms with E-state index in [4.69, 9.17) is 16.3 Å². The largest absolute Gasteiger partial charge is 0.444 e. The number of ether oxygens (including phenoxy) is 1. The lowest BCUT2D eigenvalue weighted by atomic mass is 9.76. The molecular formula is C28H34ClN5O4. The molecule has 0 saturated carbocycles. The lowest BCUT2D eigenvalue weighted by molar-refractivity contribution is -0.144. The fraction of sp³-hybridized carbons (Fsp3) is 0.429. The minimum absolute atomic E-state index is 0.132. The van der Waals surface area contributed by atoms with Crippen molar-refractivity contribution in [2.45, 2.75) is 59.1 Å². The third-order valence-electron chi connectivity index (χ3n) is 6.72. The van der Waals surface area contributed by atoms with E-state index in [1.165, 1.54) is 4.90 Å². The summed E-state index contributed by atoms with van der Waals surface area (Å²) in [7, 11) is 0. The van der Waals surface area contributed by atoms with E-state index >= 15 is 0 Å². The molecule has 4 rings (SSSR count). The number of anilines is 1. The quantitative estimate of drug-likeness (QED) is 0.379. The number of carbonyl (C=O) groups is 3. The molecule has 2 heterocycles. The Balaban J connectivity index is 1.55. The van der Waals surface area contributed by atoms with Gasteiger partial charge in [0.1, 0.15) is 11.0 Å². The Morgan fingerprint density at radius 1 is 1.11 bits per heavy atom. The summed E-state index contributed by atoms with van der Waals surface area (Å²) in [6, 6.07) is 13.1. The molecule has 2 aromatic carbocycles. The van der Waals surface area contributed by atoms with Gasteiger partial charge in [-0.3, -0.25) is 14.9 Å². The van der Waals surface area contributed by atoms with Crippen LogP contribution in [0.25, 0.3) is 11.0 Å². The first-order chi connectivity index (χ1) is 18.0. The molecule has 1 aliphatic rings. The average Bonchev–Trinajstić information content (AvgIpc) is 3.28. The maximum absolute atomic E-state index is 13.7. The minimum Gasteiger partial charge on any atom is -0.444 e. The molecule has 1 saturated heterocycles. The number of nitrogens with zero attached hydrogens (tertiary/aromatic N) is 2. The second-order valence-electron chi connectivity index (χ2n) is 10.6. The highest BCUT2D eigenvalue weighted by molar-refractivity contribution is 6.31. The van der Waals surface area contributed by atoms with E-state index in [2.05, 4.69) is 27.5 Å². The van der Waals surface area contributed by atoms with Crippen LogP contribution in [0.4, 0.5) is 10.7 Å². The number of hydrogen-bond acceptors (Lipinski definition) is 5. The molecule has 1 aliphatic heterocycles. The highest BCUT2D eigenvalue weighted by atomic mass is 35.5. The molecule has 0 radical (unpaired) electrons. The van der Waals surface area contributed by atoms with Gasteiger partial charge in [0.15, 0.2) is 0 Å². The number of hydrogen-bond donors (Lipinski definition) is 3. The Kier molecular flexibility index (Phi) is 7.97. The predicted octanol–water partition coefficient (Wildman–Crippen LogP) is 5.05. The second kappa shape index (κ2) is 11.0. The summed E-state index contributed by atoms with van der Waals surface area (Å²) in [5.74, 6) is -0.637. The Morgan fingerprint density at radius 3 is 2.47 bits per heavy atom. The lowest BCUT2D eigenvalue weighted by Gasteiger charge is -2.39. The molecule has 3 amide bonds. The zero-order valence-corrected chi connectivity index (χ0v) is 22.9.